The first-order valence-electron chi connectivity index (χ1n) is 7.44. The number of aromatic nitrogens is 4. The minimum Gasteiger partial charge on any atom is -0.382 e. The van der Waals surface area contributed by atoms with Crippen LogP contribution in [0.1, 0.15) is 18.4 Å². The minimum atomic E-state index is 0.391. The standard InChI is InChI=1S/C17H16BrN5S/c1-3-4-5-8-23-16-14(15(19)20-10-21-16)22-17(23)24-12-7-6-11(2)13(18)9-12/h1,6-7,9-10H,4-5,8H2,2H3,(H2,19,20,21). The van der Waals surface area contributed by atoms with Crippen LogP contribution in [0.2, 0.25) is 0 Å². The molecule has 24 heavy (non-hydrogen) atoms. The Morgan fingerprint density at radius 2 is 2.21 bits per heavy atom. The van der Waals surface area contributed by atoms with E-state index in [0.29, 0.717) is 17.8 Å². The molecular formula is C17H16BrN5S. The number of benzene rings is 1. The van der Waals surface area contributed by atoms with Gasteiger partial charge >= 0.3 is 0 Å². The molecule has 0 fully saturated rings. The molecule has 0 radical (unpaired) electrons. The Morgan fingerprint density at radius 1 is 1.38 bits per heavy atom. The van der Waals surface area contributed by atoms with Gasteiger partial charge in [-0.1, -0.05) is 33.8 Å². The largest absolute Gasteiger partial charge is 0.382 e. The molecule has 0 spiro atoms. The number of aryl methyl sites for hydroxylation is 2. The molecule has 0 amide bonds. The van der Waals surface area contributed by atoms with Gasteiger partial charge < -0.3 is 10.3 Å². The van der Waals surface area contributed by atoms with Crippen LogP contribution in [-0.4, -0.2) is 19.5 Å². The summed E-state index contributed by atoms with van der Waals surface area (Å²) < 4.78 is 3.13. The molecule has 0 bridgehead atoms. The topological polar surface area (TPSA) is 69.6 Å². The number of rotatable bonds is 5. The van der Waals surface area contributed by atoms with Crippen molar-refractivity contribution < 1.29 is 0 Å². The van der Waals surface area contributed by atoms with E-state index < -0.39 is 0 Å². The third kappa shape index (κ3) is 3.40. The van der Waals surface area contributed by atoms with Gasteiger partial charge in [-0.3, -0.25) is 0 Å². The lowest BCUT2D eigenvalue weighted by Crippen LogP contribution is -2.01. The van der Waals surface area contributed by atoms with Gasteiger partial charge in [0.2, 0.25) is 0 Å². The lowest BCUT2D eigenvalue weighted by Gasteiger charge is -2.08. The number of terminal acetylenes is 1. The predicted octanol–water partition coefficient (Wildman–Crippen LogP) is 4.04. The van der Waals surface area contributed by atoms with E-state index in [1.165, 1.54) is 11.9 Å². The first-order valence-corrected chi connectivity index (χ1v) is 9.05. The average molecular weight is 402 g/mol. The molecule has 3 rings (SSSR count). The Kier molecular flexibility index (Phi) is 5.07. The summed E-state index contributed by atoms with van der Waals surface area (Å²) >= 11 is 5.15. The Labute approximate surface area is 153 Å². The Balaban J connectivity index is 2.01. The van der Waals surface area contributed by atoms with E-state index in [1.54, 1.807) is 11.8 Å². The summed E-state index contributed by atoms with van der Waals surface area (Å²) in [6.07, 6.45) is 8.40. The van der Waals surface area contributed by atoms with E-state index in [0.717, 1.165) is 33.1 Å². The monoisotopic (exact) mass is 401 g/mol. The number of halogens is 1. The number of nitrogens with two attached hydrogens (primary N) is 1. The highest BCUT2D eigenvalue weighted by Crippen LogP contribution is 2.33. The molecule has 1 aromatic carbocycles. The van der Waals surface area contributed by atoms with Gasteiger partial charge in [-0.25, -0.2) is 15.0 Å². The van der Waals surface area contributed by atoms with Crippen LogP contribution in [0.25, 0.3) is 11.2 Å². The van der Waals surface area contributed by atoms with Crippen molar-refractivity contribution in [3.05, 3.63) is 34.6 Å². The van der Waals surface area contributed by atoms with Crippen molar-refractivity contribution in [1.82, 2.24) is 19.5 Å². The van der Waals surface area contributed by atoms with Gasteiger partial charge in [-0.05, 0) is 31.0 Å². The summed E-state index contributed by atoms with van der Waals surface area (Å²) in [5, 5.41) is 0.838. The fourth-order valence-corrected chi connectivity index (χ4v) is 3.77. The third-order valence-electron chi connectivity index (χ3n) is 3.58. The molecule has 2 N–H and O–H groups in total. The van der Waals surface area contributed by atoms with Crippen LogP contribution in [0, 0.1) is 19.3 Å². The van der Waals surface area contributed by atoms with Crippen molar-refractivity contribution in [2.24, 2.45) is 0 Å². The maximum atomic E-state index is 5.95. The molecule has 5 nitrogen and oxygen atoms in total. The number of nitrogens with zero attached hydrogens (tertiary/aromatic N) is 4. The summed E-state index contributed by atoms with van der Waals surface area (Å²) in [7, 11) is 0. The van der Waals surface area contributed by atoms with Crippen LogP contribution in [0.5, 0.6) is 0 Å². The number of hydrogen-bond acceptors (Lipinski definition) is 5. The minimum absolute atomic E-state index is 0.391. The van der Waals surface area contributed by atoms with Crippen molar-refractivity contribution in [3.63, 3.8) is 0 Å². The van der Waals surface area contributed by atoms with Gasteiger partial charge in [-0.2, -0.15) is 0 Å². The number of fused-ring (bicyclic) bond motifs is 1. The molecule has 0 saturated carbocycles. The van der Waals surface area contributed by atoms with Crippen LogP contribution in [-0.2, 0) is 6.54 Å². The second-order valence-electron chi connectivity index (χ2n) is 5.30. The molecule has 0 aliphatic carbocycles. The summed E-state index contributed by atoms with van der Waals surface area (Å²) in [5.41, 5.74) is 8.52. The number of unbranched alkanes of at least 4 members (excludes halogenated alkanes) is 1. The van der Waals surface area contributed by atoms with Gasteiger partial charge in [0, 0.05) is 22.3 Å². The maximum absolute atomic E-state index is 5.95. The van der Waals surface area contributed by atoms with Gasteiger partial charge in [0.25, 0.3) is 0 Å². The van der Waals surface area contributed by atoms with Crippen molar-refractivity contribution >= 4 is 44.7 Å². The molecule has 0 saturated heterocycles. The van der Waals surface area contributed by atoms with Crippen LogP contribution in [0.4, 0.5) is 5.82 Å². The number of hydrogen-bond donors (Lipinski definition) is 1. The Morgan fingerprint density at radius 3 is 2.96 bits per heavy atom. The van der Waals surface area contributed by atoms with Gasteiger partial charge in [0.15, 0.2) is 22.1 Å². The molecule has 0 aliphatic rings. The normalized spacial score (nSPS) is 10.9. The molecule has 2 heterocycles. The van der Waals surface area contributed by atoms with E-state index in [1.807, 2.05) is 0 Å². The summed E-state index contributed by atoms with van der Waals surface area (Å²) in [6.45, 7) is 2.80. The molecule has 0 unspecified atom stereocenters. The predicted molar refractivity (Wildman–Crippen MR) is 101 cm³/mol. The maximum Gasteiger partial charge on any atom is 0.175 e. The molecule has 122 valence electrons. The third-order valence-corrected chi connectivity index (χ3v) is 5.42. The molecule has 3 aromatic rings. The van der Waals surface area contributed by atoms with E-state index in [-0.39, 0.29) is 0 Å². The van der Waals surface area contributed by atoms with Crippen LogP contribution in [0.15, 0.2) is 39.1 Å². The van der Waals surface area contributed by atoms with Crippen LogP contribution < -0.4 is 5.73 Å². The molecular weight excluding hydrogens is 386 g/mol. The molecule has 0 atom stereocenters. The lowest BCUT2D eigenvalue weighted by molar-refractivity contribution is 0.615. The molecule has 0 aliphatic heterocycles. The van der Waals surface area contributed by atoms with E-state index in [4.69, 9.17) is 12.2 Å². The highest BCUT2D eigenvalue weighted by atomic mass is 79.9. The quantitative estimate of drug-likeness (QED) is 0.515. The van der Waals surface area contributed by atoms with Gasteiger partial charge in [0.05, 0.1) is 0 Å². The lowest BCUT2D eigenvalue weighted by atomic mass is 10.2. The smallest absolute Gasteiger partial charge is 0.175 e. The summed E-state index contributed by atoms with van der Waals surface area (Å²) in [5.74, 6) is 3.06. The second kappa shape index (κ2) is 7.24. The van der Waals surface area contributed by atoms with Crippen molar-refractivity contribution in [1.29, 1.82) is 0 Å². The fraction of sp³-hybridized carbons (Fsp3) is 0.235. The number of imidazole rings is 1. The van der Waals surface area contributed by atoms with E-state index >= 15 is 0 Å². The zero-order valence-corrected chi connectivity index (χ0v) is 15.6. The highest BCUT2D eigenvalue weighted by Gasteiger charge is 2.15. The summed E-state index contributed by atoms with van der Waals surface area (Å²) in [6, 6.07) is 6.23. The SMILES string of the molecule is C#CCCCn1c(Sc2ccc(C)c(Br)c2)nc2c(N)ncnc21. The first-order chi connectivity index (χ1) is 11.6. The Bertz CT molecular complexity index is 929. The highest BCUT2D eigenvalue weighted by molar-refractivity contribution is 9.10. The van der Waals surface area contributed by atoms with Gasteiger partial charge in [-0.15, -0.1) is 12.3 Å². The van der Waals surface area contributed by atoms with Crippen LogP contribution in [0.3, 0.4) is 0 Å². The molecule has 2 aromatic heterocycles. The van der Waals surface area contributed by atoms with Crippen LogP contribution >= 0.6 is 27.7 Å². The number of anilines is 1. The fourth-order valence-electron chi connectivity index (χ4n) is 2.30. The van der Waals surface area contributed by atoms with E-state index in [2.05, 4.69) is 66.5 Å². The van der Waals surface area contributed by atoms with E-state index in [9.17, 15) is 0 Å². The number of nitrogen functional groups attached to an aromatic ring is 1. The van der Waals surface area contributed by atoms with Gasteiger partial charge in [0.1, 0.15) is 6.33 Å². The second-order valence-corrected chi connectivity index (χ2v) is 7.19. The zero-order chi connectivity index (χ0) is 17.1. The first kappa shape index (κ1) is 16.8. The van der Waals surface area contributed by atoms with Crippen molar-refractivity contribution in [2.75, 3.05) is 5.73 Å². The average Bonchev–Trinajstić information content (AvgIpc) is 2.91. The molecule has 7 heteroatoms. The zero-order valence-electron chi connectivity index (χ0n) is 13.2. The van der Waals surface area contributed by atoms with Crippen molar-refractivity contribution in [2.45, 2.75) is 36.4 Å². The Hall–Kier alpha value is -2.04. The summed E-state index contributed by atoms with van der Waals surface area (Å²) in [4.78, 5) is 14.1. The van der Waals surface area contributed by atoms with Crippen molar-refractivity contribution in [3.8, 4) is 12.3 Å².